The van der Waals surface area contributed by atoms with Crippen LogP contribution in [-0.2, 0) is 6.61 Å². The van der Waals surface area contributed by atoms with Gasteiger partial charge in [-0.1, -0.05) is 24.3 Å². The van der Waals surface area contributed by atoms with Gasteiger partial charge in [0.15, 0.2) is 0 Å². The number of rotatable bonds is 3. The molecule has 0 saturated carbocycles. The van der Waals surface area contributed by atoms with Crippen LogP contribution >= 0.6 is 0 Å². The zero-order valence-electron chi connectivity index (χ0n) is 10.7. The quantitative estimate of drug-likeness (QED) is 0.727. The van der Waals surface area contributed by atoms with Crippen LogP contribution < -0.4 is 4.74 Å². The third kappa shape index (κ3) is 2.43. The number of fused-ring (bicyclic) bond motifs is 1. The molecule has 0 fully saturated rings. The molecule has 0 atom stereocenters. The highest BCUT2D eigenvalue weighted by molar-refractivity contribution is 5.73. The third-order valence-corrected chi connectivity index (χ3v) is 2.88. The highest BCUT2D eigenvalue weighted by Crippen LogP contribution is 2.18. The first-order chi connectivity index (χ1) is 9.86. The molecule has 0 spiro atoms. The van der Waals surface area contributed by atoms with Gasteiger partial charge in [0.25, 0.3) is 0 Å². The molecule has 4 heteroatoms. The van der Waals surface area contributed by atoms with E-state index in [2.05, 4.69) is 16.0 Å². The highest BCUT2D eigenvalue weighted by Gasteiger charge is 2.04. The van der Waals surface area contributed by atoms with Crippen LogP contribution in [0.25, 0.3) is 11.0 Å². The van der Waals surface area contributed by atoms with Gasteiger partial charge in [0.05, 0.1) is 28.5 Å². The minimum Gasteiger partial charge on any atom is -0.486 e. The normalized spacial score (nSPS) is 10.2. The summed E-state index contributed by atoms with van der Waals surface area (Å²) >= 11 is 0. The molecule has 0 saturated heterocycles. The van der Waals surface area contributed by atoms with E-state index in [1.165, 1.54) is 0 Å². The van der Waals surface area contributed by atoms with Crippen molar-refractivity contribution in [2.75, 3.05) is 0 Å². The monoisotopic (exact) mass is 261 g/mol. The highest BCUT2D eigenvalue weighted by atomic mass is 16.5. The van der Waals surface area contributed by atoms with Crippen molar-refractivity contribution >= 4 is 11.0 Å². The lowest BCUT2D eigenvalue weighted by atomic mass is 10.2. The number of nitriles is 1. The summed E-state index contributed by atoms with van der Waals surface area (Å²) in [6.45, 7) is 0.288. The van der Waals surface area contributed by atoms with E-state index in [0.717, 1.165) is 16.7 Å². The fraction of sp³-hybridized carbons (Fsp3) is 0.0625. The lowest BCUT2D eigenvalue weighted by Crippen LogP contribution is -2.00. The molecule has 0 unspecified atom stereocenters. The molecule has 0 N–H and O–H groups in total. The van der Waals surface area contributed by atoms with Crippen LogP contribution in [0.2, 0.25) is 0 Å². The Morgan fingerprint density at radius 3 is 2.60 bits per heavy atom. The van der Waals surface area contributed by atoms with Crippen molar-refractivity contribution in [2.24, 2.45) is 0 Å². The Morgan fingerprint density at radius 1 is 1.00 bits per heavy atom. The predicted octanol–water partition coefficient (Wildman–Crippen LogP) is 3.08. The van der Waals surface area contributed by atoms with E-state index in [9.17, 15) is 0 Å². The van der Waals surface area contributed by atoms with Crippen molar-refractivity contribution in [3.8, 4) is 11.8 Å². The first-order valence-electron chi connectivity index (χ1n) is 6.19. The number of benzene rings is 2. The van der Waals surface area contributed by atoms with E-state index in [4.69, 9.17) is 10.00 Å². The van der Waals surface area contributed by atoms with Crippen LogP contribution in [0, 0.1) is 11.3 Å². The van der Waals surface area contributed by atoms with Gasteiger partial charge in [-0.2, -0.15) is 5.26 Å². The van der Waals surface area contributed by atoms with Gasteiger partial charge in [-0.15, -0.1) is 0 Å². The van der Waals surface area contributed by atoms with Gasteiger partial charge in [0.1, 0.15) is 18.4 Å². The average Bonchev–Trinajstić information content (AvgIpc) is 2.53. The first-order valence-corrected chi connectivity index (χ1v) is 6.19. The maximum absolute atomic E-state index is 9.00. The number of aromatic nitrogens is 2. The molecule has 0 aliphatic carbocycles. The van der Waals surface area contributed by atoms with Gasteiger partial charge < -0.3 is 4.74 Å². The van der Waals surface area contributed by atoms with Crippen LogP contribution in [0.4, 0.5) is 0 Å². The molecule has 0 bridgehead atoms. The van der Waals surface area contributed by atoms with E-state index in [-0.39, 0.29) is 6.61 Å². The Morgan fingerprint density at radius 2 is 1.75 bits per heavy atom. The summed E-state index contributed by atoms with van der Waals surface area (Å²) in [6, 6.07) is 16.9. The molecule has 2 aromatic carbocycles. The molecule has 96 valence electrons. The van der Waals surface area contributed by atoms with Crippen LogP contribution in [0.1, 0.15) is 11.3 Å². The SMILES string of the molecule is N#Cc1ccccc1OCc1cnc2ccccc2n1. The van der Waals surface area contributed by atoms with Crippen molar-refractivity contribution in [2.45, 2.75) is 6.61 Å². The summed E-state index contributed by atoms with van der Waals surface area (Å²) in [7, 11) is 0. The van der Waals surface area contributed by atoms with Crippen LogP contribution in [0.3, 0.4) is 0 Å². The minimum atomic E-state index is 0.288. The number of ether oxygens (including phenoxy) is 1. The molecule has 0 aliphatic rings. The number of hydrogen-bond donors (Lipinski definition) is 0. The average molecular weight is 261 g/mol. The van der Waals surface area contributed by atoms with Crippen molar-refractivity contribution in [1.82, 2.24) is 9.97 Å². The van der Waals surface area contributed by atoms with Crippen LogP contribution in [0.15, 0.2) is 54.7 Å². The number of nitrogens with zero attached hydrogens (tertiary/aromatic N) is 3. The Bertz CT molecular complexity index is 793. The molecule has 4 nitrogen and oxygen atoms in total. The maximum atomic E-state index is 9.00. The second-order valence-corrected chi connectivity index (χ2v) is 4.25. The van der Waals surface area contributed by atoms with Gasteiger partial charge in [-0.3, -0.25) is 4.98 Å². The number of para-hydroxylation sites is 3. The topological polar surface area (TPSA) is 58.8 Å². The molecule has 1 aromatic heterocycles. The van der Waals surface area contributed by atoms with E-state index in [1.807, 2.05) is 30.3 Å². The van der Waals surface area contributed by atoms with Crippen LogP contribution in [-0.4, -0.2) is 9.97 Å². The standard InChI is InChI=1S/C16H11N3O/c17-9-12-5-1-4-8-16(12)20-11-13-10-18-14-6-2-3-7-15(14)19-13/h1-8,10H,11H2. The van der Waals surface area contributed by atoms with Gasteiger partial charge in [-0.25, -0.2) is 4.98 Å². The first kappa shape index (κ1) is 12.1. The van der Waals surface area contributed by atoms with E-state index < -0.39 is 0 Å². The van der Waals surface area contributed by atoms with Gasteiger partial charge in [0, 0.05) is 0 Å². The summed E-state index contributed by atoms with van der Waals surface area (Å²) in [4.78, 5) is 8.80. The van der Waals surface area contributed by atoms with Gasteiger partial charge in [-0.05, 0) is 24.3 Å². The molecular weight excluding hydrogens is 250 g/mol. The summed E-state index contributed by atoms with van der Waals surface area (Å²) in [6.07, 6.45) is 1.69. The maximum Gasteiger partial charge on any atom is 0.137 e. The van der Waals surface area contributed by atoms with Crippen molar-refractivity contribution in [1.29, 1.82) is 5.26 Å². The zero-order valence-corrected chi connectivity index (χ0v) is 10.7. The smallest absolute Gasteiger partial charge is 0.137 e. The summed E-state index contributed by atoms with van der Waals surface area (Å²) < 4.78 is 5.64. The lowest BCUT2D eigenvalue weighted by molar-refractivity contribution is 0.300. The molecule has 20 heavy (non-hydrogen) atoms. The van der Waals surface area contributed by atoms with Crippen molar-refractivity contribution in [3.63, 3.8) is 0 Å². The Hall–Kier alpha value is -2.93. The molecule has 0 aliphatic heterocycles. The molecule has 3 aromatic rings. The second-order valence-electron chi connectivity index (χ2n) is 4.25. The Labute approximate surface area is 116 Å². The summed E-state index contributed by atoms with van der Waals surface area (Å²) in [5.74, 6) is 0.560. The Balaban J connectivity index is 1.82. The third-order valence-electron chi connectivity index (χ3n) is 2.88. The van der Waals surface area contributed by atoms with Gasteiger partial charge >= 0.3 is 0 Å². The molecule has 1 heterocycles. The summed E-state index contributed by atoms with van der Waals surface area (Å²) in [5, 5.41) is 9.00. The lowest BCUT2D eigenvalue weighted by Gasteiger charge is -2.07. The largest absolute Gasteiger partial charge is 0.486 e. The van der Waals surface area contributed by atoms with E-state index >= 15 is 0 Å². The number of hydrogen-bond acceptors (Lipinski definition) is 4. The molecule has 0 amide bonds. The van der Waals surface area contributed by atoms with Crippen molar-refractivity contribution in [3.05, 3.63) is 66.0 Å². The van der Waals surface area contributed by atoms with Crippen LogP contribution in [0.5, 0.6) is 5.75 Å². The molecule has 0 radical (unpaired) electrons. The van der Waals surface area contributed by atoms with Gasteiger partial charge in [0.2, 0.25) is 0 Å². The fourth-order valence-electron chi connectivity index (χ4n) is 1.90. The van der Waals surface area contributed by atoms with E-state index in [0.29, 0.717) is 11.3 Å². The minimum absolute atomic E-state index is 0.288. The molecule has 3 rings (SSSR count). The summed E-state index contributed by atoms with van der Waals surface area (Å²) in [5.41, 5.74) is 2.94. The van der Waals surface area contributed by atoms with Crippen molar-refractivity contribution < 1.29 is 4.74 Å². The molecular formula is C16H11N3O. The zero-order chi connectivity index (χ0) is 13.8. The van der Waals surface area contributed by atoms with E-state index in [1.54, 1.807) is 24.4 Å². The second kappa shape index (κ2) is 5.37. The Kier molecular flexibility index (Phi) is 3.25. The predicted molar refractivity (Wildman–Crippen MR) is 75.0 cm³/mol. The fourth-order valence-corrected chi connectivity index (χ4v) is 1.90.